The van der Waals surface area contributed by atoms with Crippen LogP contribution < -0.4 is 9.46 Å². The standard InChI is InChI=1S/C35H43N5O5S/c1-37(2)46(43,44)36-34(41)21-10-12-26-29(14-21)39-19-28-31(32(28)35(42)40-22-15-23(40)18-38(3)17-22)27-16-24(45-4)11-13-25(27)33(39)30(26)20-8-6-5-7-9-20/h10-14,16,20,22-23,28,31-32H,5-9,15,17-19H2,1-4H3,(H,36,41)/t22-,23+,28?,31?,32?. The van der Waals surface area contributed by atoms with Gasteiger partial charge in [-0.15, -0.1) is 0 Å². The second-order valence-corrected chi connectivity index (χ2v) is 16.2. The van der Waals surface area contributed by atoms with E-state index >= 15 is 0 Å². The van der Waals surface area contributed by atoms with E-state index in [1.165, 1.54) is 50.2 Å². The number of nitrogens with one attached hydrogen (secondary N) is 1. The molecule has 2 bridgehead atoms. The Kier molecular flexibility index (Phi) is 7.04. The van der Waals surface area contributed by atoms with Crippen molar-refractivity contribution in [1.29, 1.82) is 0 Å². The maximum absolute atomic E-state index is 14.3. The van der Waals surface area contributed by atoms with Crippen molar-refractivity contribution in [3.8, 4) is 17.0 Å². The van der Waals surface area contributed by atoms with E-state index in [0.717, 1.165) is 58.9 Å². The molecule has 3 aromatic rings. The average Bonchev–Trinajstić information content (AvgIpc) is 3.69. The van der Waals surface area contributed by atoms with Crippen LogP contribution in [0, 0.1) is 11.8 Å². The van der Waals surface area contributed by atoms with E-state index in [1.54, 1.807) is 13.2 Å². The van der Waals surface area contributed by atoms with Gasteiger partial charge in [-0.25, -0.2) is 4.72 Å². The fourth-order valence-electron chi connectivity index (χ4n) is 9.15. The minimum Gasteiger partial charge on any atom is -0.497 e. The van der Waals surface area contributed by atoms with E-state index in [1.807, 2.05) is 18.2 Å². The smallest absolute Gasteiger partial charge is 0.303 e. The Labute approximate surface area is 270 Å². The number of benzene rings is 2. The number of fused-ring (bicyclic) bond motifs is 9. The molecule has 2 saturated heterocycles. The molecule has 2 aromatic carbocycles. The summed E-state index contributed by atoms with van der Waals surface area (Å²) in [5, 5.41) is 1.11. The fourth-order valence-corrected chi connectivity index (χ4v) is 9.69. The lowest BCUT2D eigenvalue weighted by Gasteiger charge is -2.56. The van der Waals surface area contributed by atoms with Gasteiger partial charge in [-0.1, -0.05) is 25.3 Å². The Morgan fingerprint density at radius 1 is 0.978 bits per heavy atom. The van der Waals surface area contributed by atoms with Gasteiger partial charge in [0.1, 0.15) is 5.75 Å². The fraction of sp³-hybridized carbons (Fsp3) is 0.543. The number of hydrogen-bond acceptors (Lipinski definition) is 6. The van der Waals surface area contributed by atoms with E-state index in [9.17, 15) is 18.0 Å². The highest BCUT2D eigenvalue weighted by Gasteiger charge is 2.61. The molecule has 1 N–H and O–H groups in total. The maximum atomic E-state index is 14.3. The van der Waals surface area contributed by atoms with Crippen LogP contribution in [0.2, 0.25) is 0 Å². The first kappa shape index (κ1) is 30.0. The third-order valence-electron chi connectivity index (χ3n) is 11.4. The van der Waals surface area contributed by atoms with Crippen LogP contribution in [-0.4, -0.2) is 92.3 Å². The van der Waals surface area contributed by atoms with Crippen molar-refractivity contribution in [1.82, 2.24) is 23.4 Å². The van der Waals surface area contributed by atoms with Gasteiger partial charge in [-0.2, -0.15) is 12.7 Å². The summed E-state index contributed by atoms with van der Waals surface area (Å²) in [6, 6.07) is 12.5. The zero-order valence-electron chi connectivity index (χ0n) is 27.0. The van der Waals surface area contributed by atoms with Gasteiger partial charge in [-0.05, 0) is 79.6 Å². The number of aromatic nitrogens is 1. The highest BCUT2D eigenvalue weighted by Crippen LogP contribution is 2.62. The van der Waals surface area contributed by atoms with Crippen molar-refractivity contribution < 1.29 is 22.7 Å². The number of nitrogens with zero attached hydrogens (tertiary/aromatic N) is 4. The molecule has 2 aliphatic carbocycles. The molecule has 5 atom stereocenters. The molecule has 8 rings (SSSR count). The normalized spacial score (nSPS) is 27.3. The Balaban J connectivity index is 1.26. The maximum Gasteiger partial charge on any atom is 0.303 e. The molecule has 0 spiro atoms. The van der Waals surface area contributed by atoms with Crippen LogP contribution in [0.25, 0.3) is 22.2 Å². The summed E-state index contributed by atoms with van der Waals surface area (Å²) in [6.07, 6.45) is 6.93. The Hall–Kier alpha value is -3.41. The summed E-state index contributed by atoms with van der Waals surface area (Å²) in [5.74, 6) is 0.932. The zero-order chi connectivity index (χ0) is 32.1. The second-order valence-electron chi connectivity index (χ2n) is 14.3. The van der Waals surface area contributed by atoms with E-state index < -0.39 is 16.1 Å². The molecule has 46 heavy (non-hydrogen) atoms. The number of likely N-dealkylation sites (N-methyl/N-ethyl adjacent to an activating group) is 1. The lowest BCUT2D eigenvalue weighted by atomic mass is 9.81. The predicted octanol–water partition coefficient (Wildman–Crippen LogP) is 4.16. The molecule has 4 fully saturated rings. The number of carbonyl (C=O) groups excluding carboxylic acids is 2. The molecule has 1 aromatic heterocycles. The van der Waals surface area contributed by atoms with Gasteiger partial charge in [0.05, 0.1) is 18.7 Å². The minimum absolute atomic E-state index is 0.0972. The van der Waals surface area contributed by atoms with E-state index in [-0.39, 0.29) is 23.7 Å². The number of piperidine rings is 1. The average molecular weight is 646 g/mol. The first-order valence-electron chi connectivity index (χ1n) is 16.7. The molecule has 3 aliphatic heterocycles. The number of rotatable bonds is 6. The Morgan fingerprint density at radius 3 is 2.41 bits per heavy atom. The van der Waals surface area contributed by atoms with Crippen molar-refractivity contribution in [2.75, 3.05) is 41.3 Å². The van der Waals surface area contributed by atoms with Gasteiger partial charge >= 0.3 is 10.2 Å². The number of piperazine rings is 1. The molecule has 0 radical (unpaired) electrons. The first-order valence-corrected chi connectivity index (χ1v) is 18.1. The Morgan fingerprint density at radius 2 is 1.72 bits per heavy atom. The molecule has 2 saturated carbocycles. The van der Waals surface area contributed by atoms with Crippen LogP contribution in [0.5, 0.6) is 5.75 Å². The summed E-state index contributed by atoms with van der Waals surface area (Å²) in [5.41, 5.74) is 6.04. The topological polar surface area (TPSA) is 104 Å². The number of methoxy groups -OCH3 is 1. The van der Waals surface area contributed by atoms with Crippen LogP contribution >= 0.6 is 0 Å². The quantitative estimate of drug-likeness (QED) is 0.432. The number of carbonyl (C=O) groups is 2. The number of hydrogen-bond donors (Lipinski definition) is 1. The van der Waals surface area contributed by atoms with E-state index in [0.29, 0.717) is 30.1 Å². The predicted molar refractivity (Wildman–Crippen MR) is 176 cm³/mol. The summed E-state index contributed by atoms with van der Waals surface area (Å²) < 4.78 is 36.3. The molecule has 244 valence electrons. The monoisotopic (exact) mass is 645 g/mol. The van der Waals surface area contributed by atoms with Crippen molar-refractivity contribution >= 4 is 32.9 Å². The first-order chi connectivity index (χ1) is 22.1. The van der Waals surface area contributed by atoms with E-state index in [2.05, 4.69) is 38.3 Å². The molecule has 4 heterocycles. The van der Waals surface area contributed by atoms with Crippen LogP contribution in [0.4, 0.5) is 0 Å². The summed E-state index contributed by atoms with van der Waals surface area (Å²) >= 11 is 0. The molecule has 10 nitrogen and oxygen atoms in total. The minimum atomic E-state index is -3.94. The van der Waals surface area contributed by atoms with Gasteiger partial charge < -0.3 is 19.1 Å². The molecule has 5 aliphatic rings. The van der Waals surface area contributed by atoms with Crippen LogP contribution in [-0.2, 0) is 21.5 Å². The van der Waals surface area contributed by atoms with Gasteiger partial charge in [0, 0.05) is 73.8 Å². The zero-order valence-corrected chi connectivity index (χ0v) is 27.8. The highest BCUT2D eigenvalue weighted by atomic mass is 32.2. The molecule has 2 amide bonds. The van der Waals surface area contributed by atoms with Crippen LogP contribution in [0.15, 0.2) is 36.4 Å². The third-order valence-corrected chi connectivity index (χ3v) is 12.8. The number of likely N-dealkylation sites (tertiary alicyclic amines) is 2. The highest BCUT2D eigenvalue weighted by molar-refractivity contribution is 7.87. The lowest BCUT2D eigenvalue weighted by Crippen LogP contribution is -2.69. The van der Waals surface area contributed by atoms with Gasteiger partial charge in [0.25, 0.3) is 5.91 Å². The summed E-state index contributed by atoms with van der Waals surface area (Å²) in [6.45, 7) is 2.53. The second kappa shape index (κ2) is 10.8. The lowest BCUT2D eigenvalue weighted by molar-refractivity contribution is -0.154. The van der Waals surface area contributed by atoms with Gasteiger partial charge in [0.2, 0.25) is 5.91 Å². The Bertz CT molecular complexity index is 1850. The molecular weight excluding hydrogens is 602 g/mol. The SMILES string of the molecule is COc1ccc2c(c1)C1C(Cn3c-2c(C2CCCCC2)c2ccc(C(=O)NS(=O)(=O)N(C)C)cc23)C1C(=O)N1[C@@H]2C[C@H]1CN(C)C2. The molecule has 3 unspecified atom stereocenters. The van der Waals surface area contributed by atoms with Crippen molar-refractivity contribution in [3.63, 3.8) is 0 Å². The third kappa shape index (κ3) is 4.60. The van der Waals surface area contributed by atoms with Crippen LogP contribution in [0.1, 0.15) is 71.8 Å². The van der Waals surface area contributed by atoms with Crippen molar-refractivity contribution in [2.24, 2.45) is 11.8 Å². The molecular formula is C35H43N5O5S. The van der Waals surface area contributed by atoms with Crippen LogP contribution in [0.3, 0.4) is 0 Å². The van der Waals surface area contributed by atoms with Gasteiger partial charge in [-0.3, -0.25) is 9.59 Å². The van der Waals surface area contributed by atoms with E-state index in [4.69, 9.17) is 4.74 Å². The van der Waals surface area contributed by atoms with Crippen molar-refractivity contribution in [3.05, 3.63) is 53.1 Å². The molecule has 11 heteroatoms. The summed E-state index contributed by atoms with van der Waals surface area (Å²) in [7, 11) is 2.67. The summed E-state index contributed by atoms with van der Waals surface area (Å²) in [4.78, 5) is 32.0. The van der Waals surface area contributed by atoms with Gasteiger partial charge in [0.15, 0.2) is 0 Å². The number of amides is 2. The largest absolute Gasteiger partial charge is 0.497 e. The number of ether oxygens (including phenoxy) is 1. The van der Waals surface area contributed by atoms with Crippen molar-refractivity contribution in [2.45, 2.75) is 69.0 Å².